The van der Waals surface area contributed by atoms with E-state index < -0.39 is 5.97 Å². The van der Waals surface area contributed by atoms with Gasteiger partial charge in [-0.1, -0.05) is 18.2 Å². The van der Waals surface area contributed by atoms with E-state index in [9.17, 15) is 4.79 Å². The molecule has 5 nitrogen and oxygen atoms in total. The molecular formula is C12H11N3O2. The van der Waals surface area contributed by atoms with Gasteiger partial charge in [0, 0.05) is 5.69 Å². The average molecular weight is 229 g/mol. The van der Waals surface area contributed by atoms with E-state index in [0.29, 0.717) is 5.82 Å². The molecule has 0 spiro atoms. The highest BCUT2D eigenvalue weighted by molar-refractivity contribution is 5.86. The number of methoxy groups -OCH3 is 1. The highest BCUT2D eigenvalue weighted by Gasteiger charge is 2.06. The topological polar surface area (TPSA) is 64.1 Å². The molecule has 5 heteroatoms. The highest BCUT2D eigenvalue weighted by Crippen LogP contribution is 2.12. The zero-order valence-electron chi connectivity index (χ0n) is 9.25. The number of carbonyl (C=O) groups is 1. The monoisotopic (exact) mass is 229 g/mol. The molecule has 0 aliphatic carbocycles. The maximum Gasteiger partial charge on any atom is 0.358 e. The van der Waals surface area contributed by atoms with Crippen molar-refractivity contribution in [3.63, 3.8) is 0 Å². The summed E-state index contributed by atoms with van der Waals surface area (Å²) in [6.07, 6.45) is 2.86. The third-order valence-electron chi connectivity index (χ3n) is 2.09. The van der Waals surface area contributed by atoms with Gasteiger partial charge in [-0.05, 0) is 12.1 Å². The lowest BCUT2D eigenvalue weighted by atomic mass is 10.3. The zero-order valence-corrected chi connectivity index (χ0v) is 9.25. The van der Waals surface area contributed by atoms with Crippen LogP contribution in [0.2, 0.25) is 0 Å². The molecule has 0 aliphatic heterocycles. The Morgan fingerprint density at radius 2 is 1.94 bits per heavy atom. The van der Waals surface area contributed by atoms with Crippen molar-refractivity contribution >= 4 is 17.5 Å². The van der Waals surface area contributed by atoms with Gasteiger partial charge in [0.1, 0.15) is 5.82 Å². The summed E-state index contributed by atoms with van der Waals surface area (Å²) in [5, 5.41) is 3.06. The molecule has 1 aromatic carbocycles. The number of esters is 1. The van der Waals surface area contributed by atoms with Gasteiger partial charge < -0.3 is 10.1 Å². The lowest BCUT2D eigenvalue weighted by Crippen LogP contribution is -2.05. The van der Waals surface area contributed by atoms with Crippen LogP contribution in [0.4, 0.5) is 11.5 Å². The number of ether oxygens (including phenoxy) is 1. The number of aromatic nitrogens is 2. The van der Waals surface area contributed by atoms with Crippen molar-refractivity contribution in [1.29, 1.82) is 0 Å². The normalized spacial score (nSPS) is 9.71. The van der Waals surface area contributed by atoms with Crippen LogP contribution in [0.1, 0.15) is 10.5 Å². The Bertz CT molecular complexity index is 497. The number of para-hydroxylation sites is 1. The maximum absolute atomic E-state index is 11.1. The van der Waals surface area contributed by atoms with E-state index in [4.69, 9.17) is 0 Å². The number of nitrogens with one attached hydrogen (secondary N) is 1. The molecule has 0 aliphatic rings. The second kappa shape index (κ2) is 5.07. The zero-order chi connectivity index (χ0) is 12.1. The van der Waals surface area contributed by atoms with Crippen molar-refractivity contribution in [1.82, 2.24) is 9.97 Å². The molecule has 2 rings (SSSR count). The van der Waals surface area contributed by atoms with Gasteiger partial charge in [0.15, 0.2) is 5.69 Å². The van der Waals surface area contributed by atoms with Crippen LogP contribution in [-0.4, -0.2) is 23.0 Å². The van der Waals surface area contributed by atoms with Gasteiger partial charge in [0.05, 0.1) is 19.5 Å². The molecule has 1 N–H and O–H groups in total. The molecule has 0 amide bonds. The first kappa shape index (κ1) is 11.1. The second-order valence-electron chi connectivity index (χ2n) is 3.27. The Hall–Kier alpha value is -2.43. The maximum atomic E-state index is 11.1. The minimum Gasteiger partial charge on any atom is -0.464 e. The molecular weight excluding hydrogens is 218 g/mol. The van der Waals surface area contributed by atoms with Gasteiger partial charge in [-0.3, -0.25) is 0 Å². The Morgan fingerprint density at radius 3 is 2.53 bits per heavy atom. The van der Waals surface area contributed by atoms with E-state index in [0.717, 1.165) is 5.69 Å². The van der Waals surface area contributed by atoms with E-state index in [1.54, 1.807) is 0 Å². The summed E-state index contributed by atoms with van der Waals surface area (Å²) in [6, 6.07) is 9.58. The molecule has 1 aromatic heterocycles. The van der Waals surface area contributed by atoms with Gasteiger partial charge >= 0.3 is 5.97 Å². The third-order valence-corrected chi connectivity index (χ3v) is 2.09. The summed E-state index contributed by atoms with van der Waals surface area (Å²) < 4.78 is 4.53. The smallest absolute Gasteiger partial charge is 0.358 e. The van der Waals surface area contributed by atoms with Crippen molar-refractivity contribution in [3.8, 4) is 0 Å². The molecule has 86 valence electrons. The number of hydrogen-bond acceptors (Lipinski definition) is 5. The van der Waals surface area contributed by atoms with E-state index in [1.165, 1.54) is 19.5 Å². The van der Waals surface area contributed by atoms with Crippen LogP contribution < -0.4 is 5.32 Å². The van der Waals surface area contributed by atoms with Crippen LogP contribution >= 0.6 is 0 Å². The van der Waals surface area contributed by atoms with E-state index >= 15 is 0 Å². The molecule has 0 radical (unpaired) electrons. The van der Waals surface area contributed by atoms with Crippen LogP contribution in [0.3, 0.4) is 0 Å². The van der Waals surface area contributed by atoms with Gasteiger partial charge in [0.25, 0.3) is 0 Å². The fraction of sp³-hybridized carbons (Fsp3) is 0.0833. The van der Waals surface area contributed by atoms with Crippen molar-refractivity contribution in [2.75, 3.05) is 12.4 Å². The van der Waals surface area contributed by atoms with Crippen LogP contribution in [0.5, 0.6) is 0 Å². The summed E-state index contributed by atoms with van der Waals surface area (Å²) in [4.78, 5) is 19.2. The molecule has 2 aromatic rings. The Labute approximate surface area is 98.5 Å². The first-order valence-corrected chi connectivity index (χ1v) is 5.02. The minimum atomic E-state index is -0.497. The first-order valence-electron chi connectivity index (χ1n) is 5.02. The van der Waals surface area contributed by atoms with Gasteiger partial charge in [-0.15, -0.1) is 0 Å². The number of carbonyl (C=O) groups excluding carboxylic acids is 1. The van der Waals surface area contributed by atoms with Crippen LogP contribution in [0, 0.1) is 0 Å². The molecule has 0 bridgehead atoms. The Kier molecular flexibility index (Phi) is 3.30. The standard InChI is InChI=1S/C12H11N3O2/c1-17-12(16)10-7-14-11(8-13-10)15-9-5-3-2-4-6-9/h2-8H,1H3,(H,14,15). The second-order valence-corrected chi connectivity index (χ2v) is 3.27. The fourth-order valence-electron chi connectivity index (χ4n) is 1.27. The summed E-state index contributed by atoms with van der Waals surface area (Å²) in [7, 11) is 1.31. The van der Waals surface area contributed by atoms with E-state index in [2.05, 4.69) is 20.0 Å². The van der Waals surface area contributed by atoms with Gasteiger partial charge in [-0.2, -0.15) is 0 Å². The first-order chi connectivity index (χ1) is 8.29. The lowest BCUT2D eigenvalue weighted by Gasteiger charge is -2.04. The quantitative estimate of drug-likeness (QED) is 0.815. The lowest BCUT2D eigenvalue weighted by molar-refractivity contribution is 0.0593. The Morgan fingerprint density at radius 1 is 1.18 bits per heavy atom. The average Bonchev–Trinajstić information content (AvgIpc) is 2.40. The number of benzene rings is 1. The summed E-state index contributed by atoms with van der Waals surface area (Å²) in [5.74, 6) is 0.0765. The Balaban J connectivity index is 2.11. The number of rotatable bonds is 3. The van der Waals surface area contributed by atoms with Gasteiger partial charge in [0.2, 0.25) is 0 Å². The molecule has 0 atom stereocenters. The number of hydrogen-bond donors (Lipinski definition) is 1. The predicted octanol–water partition coefficient (Wildman–Crippen LogP) is 2.01. The highest BCUT2D eigenvalue weighted by atomic mass is 16.5. The predicted molar refractivity (Wildman–Crippen MR) is 63.1 cm³/mol. The summed E-state index contributed by atoms with van der Waals surface area (Å²) >= 11 is 0. The van der Waals surface area contributed by atoms with Crippen molar-refractivity contribution in [3.05, 3.63) is 48.4 Å². The van der Waals surface area contributed by atoms with Crippen molar-refractivity contribution in [2.24, 2.45) is 0 Å². The SMILES string of the molecule is COC(=O)c1cnc(Nc2ccccc2)cn1. The van der Waals surface area contributed by atoms with Crippen LogP contribution in [0.15, 0.2) is 42.7 Å². The van der Waals surface area contributed by atoms with Gasteiger partial charge in [-0.25, -0.2) is 14.8 Å². The molecule has 17 heavy (non-hydrogen) atoms. The van der Waals surface area contributed by atoms with Crippen molar-refractivity contribution < 1.29 is 9.53 Å². The van der Waals surface area contributed by atoms with E-state index in [1.807, 2.05) is 30.3 Å². The minimum absolute atomic E-state index is 0.186. The number of nitrogens with zero attached hydrogens (tertiary/aromatic N) is 2. The molecule has 0 fully saturated rings. The number of anilines is 2. The summed E-state index contributed by atoms with van der Waals surface area (Å²) in [6.45, 7) is 0. The van der Waals surface area contributed by atoms with Crippen LogP contribution in [0.25, 0.3) is 0 Å². The molecule has 1 heterocycles. The van der Waals surface area contributed by atoms with Crippen molar-refractivity contribution in [2.45, 2.75) is 0 Å². The van der Waals surface area contributed by atoms with E-state index in [-0.39, 0.29) is 5.69 Å². The molecule has 0 saturated carbocycles. The fourth-order valence-corrected chi connectivity index (χ4v) is 1.27. The largest absolute Gasteiger partial charge is 0.464 e. The molecule has 0 unspecified atom stereocenters. The third kappa shape index (κ3) is 2.78. The summed E-state index contributed by atoms with van der Waals surface area (Å²) in [5.41, 5.74) is 1.10. The van der Waals surface area contributed by atoms with Crippen LogP contribution in [-0.2, 0) is 4.74 Å². The molecule has 0 saturated heterocycles.